The van der Waals surface area contributed by atoms with Crippen LogP contribution in [0.3, 0.4) is 0 Å². The number of aromatic hydroxyl groups is 1. The van der Waals surface area contributed by atoms with Gasteiger partial charge in [0.05, 0.1) is 18.8 Å². The molecule has 2 aromatic carbocycles. The molecule has 1 aromatic heterocycles. The molecule has 3 rings (SSSR count). The van der Waals surface area contributed by atoms with Crippen molar-refractivity contribution in [1.29, 1.82) is 0 Å². The SMILES string of the molecule is C=C(C)C(=O)OCCCOc1cc(-n2nc3ccc(C(F)(F)F)cc3n2)c(O)c(C(C)(C)C)c1. The molecule has 182 valence electrons. The van der Waals surface area contributed by atoms with E-state index in [9.17, 15) is 23.1 Å². The predicted octanol–water partition coefficient (Wildman–Crippen LogP) is 5.33. The maximum atomic E-state index is 13.1. The second-order valence-electron chi connectivity index (χ2n) is 8.90. The lowest BCUT2D eigenvalue weighted by Crippen LogP contribution is -2.14. The van der Waals surface area contributed by atoms with Crippen molar-refractivity contribution in [2.24, 2.45) is 0 Å². The highest BCUT2D eigenvalue weighted by molar-refractivity contribution is 5.86. The highest BCUT2D eigenvalue weighted by Crippen LogP contribution is 2.39. The minimum absolute atomic E-state index is 0.0391. The van der Waals surface area contributed by atoms with Gasteiger partial charge >= 0.3 is 12.1 Å². The molecule has 1 heterocycles. The van der Waals surface area contributed by atoms with E-state index in [1.165, 1.54) is 12.1 Å². The molecular formula is C24H26F3N3O4. The molecule has 0 fully saturated rings. The summed E-state index contributed by atoms with van der Waals surface area (Å²) in [5, 5.41) is 19.3. The van der Waals surface area contributed by atoms with Gasteiger partial charge in [0.2, 0.25) is 0 Å². The number of carbonyl (C=O) groups excluding carboxylic acids is 1. The monoisotopic (exact) mass is 477 g/mol. The minimum Gasteiger partial charge on any atom is -0.505 e. The third-order valence-electron chi connectivity index (χ3n) is 4.93. The summed E-state index contributed by atoms with van der Waals surface area (Å²) in [5.41, 5.74) is -0.0124. The topological polar surface area (TPSA) is 86.5 Å². The van der Waals surface area contributed by atoms with Crippen LogP contribution in [0.25, 0.3) is 16.7 Å². The van der Waals surface area contributed by atoms with Crippen molar-refractivity contribution in [3.8, 4) is 17.2 Å². The van der Waals surface area contributed by atoms with Gasteiger partial charge in [0.15, 0.2) is 0 Å². The molecule has 0 atom stereocenters. The molecule has 0 bridgehead atoms. The third kappa shape index (κ3) is 5.67. The van der Waals surface area contributed by atoms with Gasteiger partial charge in [-0.2, -0.15) is 13.2 Å². The Morgan fingerprint density at radius 2 is 1.76 bits per heavy atom. The van der Waals surface area contributed by atoms with Gasteiger partial charge in [0.25, 0.3) is 0 Å². The number of phenols is 1. The molecule has 0 unspecified atom stereocenters. The van der Waals surface area contributed by atoms with E-state index in [0.29, 0.717) is 23.3 Å². The Bertz CT molecular complexity index is 1230. The molecule has 0 radical (unpaired) electrons. The van der Waals surface area contributed by atoms with Crippen molar-refractivity contribution in [3.63, 3.8) is 0 Å². The number of phenolic OH excluding ortho intramolecular Hbond substituents is 1. The predicted molar refractivity (Wildman–Crippen MR) is 120 cm³/mol. The van der Waals surface area contributed by atoms with E-state index in [4.69, 9.17) is 9.47 Å². The molecule has 0 saturated heterocycles. The van der Waals surface area contributed by atoms with Crippen LogP contribution >= 0.6 is 0 Å². The van der Waals surface area contributed by atoms with Crippen molar-refractivity contribution in [3.05, 3.63) is 53.6 Å². The summed E-state index contributed by atoms with van der Waals surface area (Å²) in [6.45, 7) is 11.1. The Balaban J connectivity index is 1.91. The van der Waals surface area contributed by atoms with Crippen molar-refractivity contribution in [2.45, 2.75) is 45.7 Å². The van der Waals surface area contributed by atoms with E-state index < -0.39 is 23.1 Å². The lowest BCUT2D eigenvalue weighted by Gasteiger charge is -2.23. The zero-order valence-corrected chi connectivity index (χ0v) is 19.4. The van der Waals surface area contributed by atoms with Crippen LogP contribution in [0.2, 0.25) is 0 Å². The molecule has 0 spiro atoms. The Labute approximate surface area is 194 Å². The third-order valence-corrected chi connectivity index (χ3v) is 4.93. The fraction of sp³-hybridized carbons (Fsp3) is 0.375. The zero-order valence-electron chi connectivity index (χ0n) is 19.4. The molecule has 0 saturated carbocycles. The van der Waals surface area contributed by atoms with Crippen LogP contribution in [-0.4, -0.2) is 39.3 Å². The van der Waals surface area contributed by atoms with Crippen LogP contribution in [0, 0.1) is 0 Å². The molecule has 10 heteroatoms. The van der Waals surface area contributed by atoms with Crippen molar-refractivity contribution >= 4 is 17.0 Å². The fourth-order valence-electron chi connectivity index (χ4n) is 3.14. The quantitative estimate of drug-likeness (QED) is 0.281. The molecule has 3 aromatic rings. The lowest BCUT2D eigenvalue weighted by molar-refractivity contribution is -0.139. The van der Waals surface area contributed by atoms with Gasteiger partial charge in [-0.25, -0.2) is 4.79 Å². The highest BCUT2D eigenvalue weighted by atomic mass is 19.4. The number of halogens is 3. The smallest absolute Gasteiger partial charge is 0.416 e. The summed E-state index contributed by atoms with van der Waals surface area (Å²) in [4.78, 5) is 12.5. The van der Waals surface area contributed by atoms with E-state index in [0.717, 1.165) is 16.9 Å². The number of hydrogen-bond donors (Lipinski definition) is 1. The molecule has 0 aliphatic heterocycles. The minimum atomic E-state index is -4.51. The normalized spacial score (nSPS) is 12.1. The van der Waals surface area contributed by atoms with Crippen molar-refractivity contribution in [2.75, 3.05) is 13.2 Å². The van der Waals surface area contributed by atoms with Gasteiger partial charge in [-0.1, -0.05) is 27.4 Å². The van der Waals surface area contributed by atoms with Gasteiger partial charge in [-0.15, -0.1) is 15.0 Å². The zero-order chi connectivity index (χ0) is 25.3. The number of benzene rings is 2. The number of rotatable bonds is 7. The van der Waals surface area contributed by atoms with Gasteiger partial charge in [0, 0.05) is 23.6 Å². The molecular weight excluding hydrogens is 451 g/mol. The number of fused-ring (bicyclic) bond motifs is 1. The van der Waals surface area contributed by atoms with E-state index in [-0.39, 0.29) is 35.7 Å². The maximum Gasteiger partial charge on any atom is 0.416 e. The van der Waals surface area contributed by atoms with Crippen LogP contribution < -0.4 is 4.74 Å². The summed E-state index contributed by atoms with van der Waals surface area (Å²) in [7, 11) is 0. The van der Waals surface area contributed by atoms with Crippen molar-refractivity contribution < 1.29 is 32.5 Å². The van der Waals surface area contributed by atoms with Crippen LogP contribution in [-0.2, 0) is 21.1 Å². The second kappa shape index (κ2) is 9.36. The fourth-order valence-corrected chi connectivity index (χ4v) is 3.14. The van der Waals surface area contributed by atoms with Gasteiger partial charge in [-0.05, 0) is 36.6 Å². The first kappa shape index (κ1) is 25.1. The second-order valence-corrected chi connectivity index (χ2v) is 8.90. The lowest BCUT2D eigenvalue weighted by atomic mass is 9.86. The first-order valence-corrected chi connectivity index (χ1v) is 10.5. The molecule has 7 nitrogen and oxygen atoms in total. The molecule has 34 heavy (non-hydrogen) atoms. The summed E-state index contributed by atoms with van der Waals surface area (Å²) >= 11 is 0. The average molecular weight is 477 g/mol. The van der Waals surface area contributed by atoms with Crippen LogP contribution in [0.1, 0.15) is 45.2 Å². The van der Waals surface area contributed by atoms with Gasteiger partial charge in [-0.3, -0.25) is 0 Å². The number of ether oxygens (including phenoxy) is 2. The molecule has 1 N–H and O–H groups in total. The number of alkyl halides is 3. The number of hydrogen-bond acceptors (Lipinski definition) is 6. The van der Waals surface area contributed by atoms with E-state index in [2.05, 4.69) is 16.8 Å². The van der Waals surface area contributed by atoms with E-state index in [1.807, 2.05) is 20.8 Å². The average Bonchev–Trinajstić information content (AvgIpc) is 3.15. The summed E-state index contributed by atoms with van der Waals surface area (Å²) in [6.07, 6.45) is -4.09. The first-order valence-electron chi connectivity index (χ1n) is 10.5. The molecule has 0 aliphatic carbocycles. The standard InChI is InChI=1S/C24H26F3N3O4/c1-14(2)22(32)34-10-6-9-33-16-12-17(23(3,4)5)21(31)20(13-16)30-28-18-8-7-15(24(25,26)27)11-19(18)29-30/h7-8,11-13,31H,1,6,9-10H2,2-5H3. The van der Waals surface area contributed by atoms with Crippen LogP contribution in [0.5, 0.6) is 11.5 Å². The Hall–Kier alpha value is -3.56. The van der Waals surface area contributed by atoms with Crippen molar-refractivity contribution in [1.82, 2.24) is 15.0 Å². The Morgan fingerprint density at radius 1 is 1.09 bits per heavy atom. The summed E-state index contributed by atoms with van der Waals surface area (Å²) < 4.78 is 50.0. The van der Waals surface area contributed by atoms with Crippen LogP contribution in [0.15, 0.2) is 42.5 Å². The summed E-state index contributed by atoms with van der Waals surface area (Å²) in [6, 6.07) is 6.27. The molecule has 0 aliphatic rings. The van der Waals surface area contributed by atoms with Gasteiger partial charge in [0.1, 0.15) is 28.2 Å². The Morgan fingerprint density at radius 3 is 2.38 bits per heavy atom. The molecule has 0 amide bonds. The number of esters is 1. The highest BCUT2D eigenvalue weighted by Gasteiger charge is 2.31. The number of aromatic nitrogens is 3. The summed E-state index contributed by atoms with van der Waals surface area (Å²) in [5.74, 6) is -0.180. The maximum absolute atomic E-state index is 13.1. The largest absolute Gasteiger partial charge is 0.505 e. The Kier molecular flexibility index (Phi) is 6.90. The van der Waals surface area contributed by atoms with E-state index in [1.54, 1.807) is 13.0 Å². The van der Waals surface area contributed by atoms with Gasteiger partial charge < -0.3 is 14.6 Å². The number of carbonyl (C=O) groups is 1. The van der Waals surface area contributed by atoms with Crippen LogP contribution in [0.4, 0.5) is 13.2 Å². The number of nitrogens with zero attached hydrogens (tertiary/aromatic N) is 3. The first-order chi connectivity index (χ1) is 15.8. The van der Waals surface area contributed by atoms with E-state index >= 15 is 0 Å².